The Morgan fingerprint density at radius 3 is 2.11 bits per heavy atom. The molecule has 3 aromatic rings. The quantitative estimate of drug-likeness (QED) is 0.139. The first kappa shape index (κ1) is 24.8. The summed E-state index contributed by atoms with van der Waals surface area (Å²) in [6, 6.07) is 17.2. The van der Waals surface area contributed by atoms with E-state index in [0.29, 0.717) is 11.3 Å². The number of carbonyl (C=O) groups excluding carboxylic acids is 3. The zero-order chi connectivity index (χ0) is 25.5. The number of carbonyl (C=O) groups is 3. The Kier molecular flexibility index (Phi) is 7.67. The first-order valence-electron chi connectivity index (χ1n) is 10.5. The lowest BCUT2D eigenvalue weighted by atomic mass is 10.1. The first-order valence-corrected chi connectivity index (χ1v) is 10.5. The van der Waals surface area contributed by atoms with Crippen molar-refractivity contribution in [1.29, 1.82) is 0 Å². The third kappa shape index (κ3) is 5.93. The molecule has 3 rings (SSSR count). The van der Waals surface area contributed by atoms with Crippen LogP contribution in [0.4, 0.5) is 11.4 Å². The summed E-state index contributed by atoms with van der Waals surface area (Å²) >= 11 is 0. The van der Waals surface area contributed by atoms with Crippen LogP contribution in [0, 0.1) is 24.0 Å². The van der Waals surface area contributed by atoms with Crippen LogP contribution in [0.3, 0.4) is 0 Å². The Balaban J connectivity index is 1.75. The van der Waals surface area contributed by atoms with Gasteiger partial charge in [-0.25, -0.2) is 10.2 Å². The Labute approximate surface area is 200 Å². The fraction of sp³-hybridized carbons (Fsp3) is 0.120. The van der Waals surface area contributed by atoms with Crippen LogP contribution >= 0.6 is 0 Å². The van der Waals surface area contributed by atoms with Gasteiger partial charge in [-0.2, -0.15) is 5.10 Å². The summed E-state index contributed by atoms with van der Waals surface area (Å²) in [7, 11) is 0. The third-order valence-electron chi connectivity index (χ3n) is 5.05. The highest BCUT2D eigenvalue weighted by molar-refractivity contribution is 6.39. The lowest BCUT2D eigenvalue weighted by Crippen LogP contribution is -2.33. The molecule has 0 saturated carbocycles. The van der Waals surface area contributed by atoms with Crippen LogP contribution in [0.15, 0.2) is 71.8 Å². The van der Waals surface area contributed by atoms with Crippen molar-refractivity contribution in [3.63, 3.8) is 0 Å². The van der Waals surface area contributed by atoms with Crippen LogP contribution in [0.1, 0.15) is 34.0 Å². The van der Waals surface area contributed by atoms with E-state index >= 15 is 0 Å². The number of aryl methyl sites for hydroxylation is 2. The minimum Gasteiger partial charge on any atom is -0.422 e. The van der Waals surface area contributed by atoms with Gasteiger partial charge in [0.15, 0.2) is 0 Å². The Bertz CT molecular complexity index is 1330. The highest BCUT2D eigenvalue weighted by Crippen LogP contribution is 2.24. The van der Waals surface area contributed by atoms with Crippen molar-refractivity contribution >= 4 is 34.9 Å². The molecule has 0 fully saturated rings. The molecule has 0 heterocycles. The minimum absolute atomic E-state index is 0.0751. The number of hydrogen-bond acceptors (Lipinski definition) is 7. The molecule has 2 amide bonds. The molecule has 10 heteroatoms. The van der Waals surface area contributed by atoms with Crippen molar-refractivity contribution in [3.8, 4) is 5.75 Å². The third-order valence-corrected chi connectivity index (χ3v) is 5.05. The topological polar surface area (TPSA) is 140 Å². The van der Waals surface area contributed by atoms with Crippen molar-refractivity contribution in [3.05, 3.63) is 99.1 Å². The molecule has 0 bridgehead atoms. The van der Waals surface area contributed by atoms with Crippen molar-refractivity contribution in [2.45, 2.75) is 20.8 Å². The molecule has 0 spiro atoms. The largest absolute Gasteiger partial charge is 0.422 e. The lowest BCUT2D eigenvalue weighted by molar-refractivity contribution is -0.385. The second-order valence-electron chi connectivity index (χ2n) is 7.52. The van der Waals surface area contributed by atoms with Gasteiger partial charge < -0.3 is 10.1 Å². The lowest BCUT2D eigenvalue weighted by Gasteiger charge is -2.11. The maximum Gasteiger partial charge on any atom is 0.350 e. The molecule has 35 heavy (non-hydrogen) atoms. The van der Waals surface area contributed by atoms with Gasteiger partial charge in [-0.3, -0.25) is 19.7 Å². The van der Waals surface area contributed by atoms with Crippen molar-refractivity contribution in [2.24, 2.45) is 5.10 Å². The van der Waals surface area contributed by atoms with E-state index in [0.717, 1.165) is 11.1 Å². The van der Waals surface area contributed by atoms with Crippen molar-refractivity contribution < 1.29 is 24.0 Å². The molecule has 0 aromatic heterocycles. The highest BCUT2D eigenvalue weighted by atomic mass is 16.6. The Morgan fingerprint density at radius 1 is 0.857 bits per heavy atom. The number of hydrazone groups is 1. The van der Waals surface area contributed by atoms with Crippen LogP contribution in [0.2, 0.25) is 0 Å². The SMILES string of the molecule is C/C(=N\NC(=O)C(=O)Nc1c(C)cccc1C)c1ccccc1OC(=O)c1ccccc1[N+](=O)[O-]. The van der Waals surface area contributed by atoms with Gasteiger partial charge in [-0.1, -0.05) is 42.5 Å². The molecule has 178 valence electrons. The van der Waals surface area contributed by atoms with Crippen molar-refractivity contribution in [1.82, 2.24) is 5.43 Å². The fourth-order valence-electron chi connectivity index (χ4n) is 3.24. The normalized spacial score (nSPS) is 10.9. The molecular weight excluding hydrogens is 452 g/mol. The fourth-order valence-corrected chi connectivity index (χ4v) is 3.24. The number of amides is 2. The van der Waals surface area contributed by atoms with E-state index in [1.165, 1.54) is 30.3 Å². The van der Waals surface area contributed by atoms with Gasteiger partial charge in [0.2, 0.25) is 0 Å². The maximum absolute atomic E-state index is 12.6. The average Bonchev–Trinajstić information content (AvgIpc) is 2.84. The summed E-state index contributed by atoms with van der Waals surface area (Å²) in [5, 5.41) is 17.7. The van der Waals surface area contributed by atoms with Crippen molar-refractivity contribution in [2.75, 3.05) is 5.32 Å². The highest BCUT2D eigenvalue weighted by Gasteiger charge is 2.22. The van der Waals surface area contributed by atoms with Crippen LogP contribution in [-0.4, -0.2) is 28.4 Å². The van der Waals surface area contributed by atoms with Crippen LogP contribution < -0.4 is 15.5 Å². The van der Waals surface area contributed by atoms with E-state index in [2.05, 4.69) is 15.8 Å². The van der Waals surface area contributed by atoms with Gasteiger partial charge in [0.05, 0.1) is 10.6 Å². The molecule has 3 aromatic carbocycles. The number of esters is 1. The minimum atomic E-state index is -0.985. The van der Waals surface area contributed by atoms with Gasteiger partial charge in [-0.05, 0) is 50.1 Å². The smallest absolute Gasteiger partial charge is 0.350 e. The first-order chi connectivity index (χ1) is 16.7. The standard InChI is InChI=1S/C25H22N4O6/c1-15-9-8-10-16(2)22(15)26-23(30)24(31)28-27-17(3)18-11-5-7-14-21(18)35-25(32)19-12-4-6-13-20(19)29(33)34/h4-14H,1-3H3,(H,26,30)(H,28,31)/b27-17+. The number of nitro benzene ring substituents is 1. The summed E-state index contributed by atoms with van der Waals surface area (Å²) < 4.78 is 5.39. The predicted molar refractivity (Wildman–Crippen MR) is 129 cm³/mol. The Hall–Kier alpha value is -4.86. The summed E-state index contributed by atoms with van der Waals surface area (Å²) in [6.07, 6.45) is 0. The van der Waals surface area contributed by atoms with E-state index in [-0.39, 0.29) is 22.7 Å². The van der Waals surface area contributed by atoms with Gasteiger partial charge in [0.25, 0.3) is 5.69 Å². The summed E-state index contributed by atoms with van der Waals surface area (Å²) in [6.45, 7) is 5.16. The predicted octanol–water partition coefficient (Wildman–Crippen LogP) is 3.91. The van der Waals surface area contributed by atoms with Crippen LogP contribution in [-0.2, 0) is 9.59 Å². The molecule has 0 aliphatic rings. The second kappa shape index (κ2) is 10.8. The van der Waals surface area contributed by atoms with Crippen LogP contribution in [0.5, 0.6) is 5.75 Å². The van der Waals surface area contributed by atoms with E-state index < -0.39 is 22.7 Å². The molecule has 10 nitrogen and oxygen atoms in total. The van der Waals surface area contributed by atoms with Gasteiger partial charge in [0.1, 0.15) is 11.3 Å². The number of nitro groups is 1. The average molecular weight is 474 g/mol. The van der Waals surface area contributed by atoms with E-state index in [1.54, 1.807) is 25.1 Å². The molecule has 2 N–H and O–H groups in total. The van der Waals surface area contributed by atoms with E-state index in [4.69, 9.17) is 4.74 Å². The molecule has 0 aliphatic carbocycles. The van der Waals surface area contributed by atoms with Gasteiger partial charge in [0, 0.05) is 17.3 Å². The van der Waals surface area contributed by atoms with E-state index in [9.17, 15) is 24.5 Å². The number of ether oxygens (including phenoxy) is 1. The number of anilines is 1. The summed E-state index contributed by atoms with van der Waals surface area (Å²) in [5.74, 6) is -2.72. The number of nitrogens with zero attached hydrogens (tertiary/aromatic N) is 2. The van der Waals surface area contributed by atoms with Crippen LogP contribution in [0.25, 0.3) is 0 Å². The molecule has 0 aliphatic heterocycles. The second-order valence-corrected chi connectivity index (χ2v) is 7.52. The zero-order valence-corrected chi connectivity index (χ0v) is 19.2. The van der Waals surface area contributed by atoms with Gasteiger partial charge in [-0.15, -0.1) is 0 Å². The number of rotatable bonds is 6. The summed E-state index contributed by atoms with van der Waals surface area (Å²) in [5.41, 5.74) is 4.32. The summed E-state index contributed by atoms with van der Waals surface area (Å²) in [4.78, 5) is 47.7. The Morgan fingerprint density at radius 2 is 1.46 bits per heavy atom. The monoisotopic (exact) mass is 474 g/mol. The zero-order valence-electron chi connectivity index (χ0n) is 19.2. The molecule has 0 atom stereocenters. The number of hydrogen-bond donors (Lipinski definition) is 2. The number of nitrogens with one attached hydrogen (secondary N) is 2. The molecule has 0 radical (unpaired) electrons. The molecular formula is C25H22N4O6. The molecule has 0 saturated heterocycles. The number of benzene rings is 3. The van der Waals surface area contributed by atoms with E-state index in [1.807, 2.05) is 32.0 Å². The number of para-hydroxylation sites is 3. The van der Waals surface area contributed by atoms with Gasteiger partial charge >= 0.3 is 17.8 Å². The maximum atomic E-state index is 12.6. The molecule has 0 unspecified atom stereocenters.